The van der Waals surface area contributed by atoms with Crippen molar-refractivity contribution in [3.8, 4) is 5.75 Å². The van der Waals surface area contributed by atoms with Crippen molar-refractivity contribution in [2.45, 2.75) is 19.4 Å². The van der Waals surface area contributed by atoms with Gasteiger partial charge in [0.25, 0.3) is 0 Å². The van der Waals surface area contributed by atoms with E-state index in [1.165, 1.54) is 31.5 Å². The molecule has 0 spiro atoms. The number of halogens is 3. The zero-order valence-electron chi connectivity index (χ0n) is 19.1. The van der Waals surface area contributed by atoms with Crippen LogP contribution in [-0.4, -0.2) is 40.5 Å². The van der Waals surface area contributed by atoms with Gasteiger partial charge in [-0.1, -0.05) is 0 Å². The number of fused-ring (bicyclic) bond motifs is 2. The zero-order valence-corrected chi connectivity index (χ0v) is 19.1. The van der Waals surface area contributed by atoms with E-state index in [9.17, 15) is 18.7 Å². The fraction of sp³-hybridized carbons (Fsp3) is 0.200. The highest BCUT2D eigenvalue weighted by atomic mass is 19.1. The number of aromatic carboxylic acids is 1. The maximum atomic E-state index is 16.0. The summed E-state index contributed by atoms with van der Waals surface area (Å²) in [6, 6.07) is 9.83. The minimum atomic E-state index is -1.39. The Morgan fingerprint density at radius 3 is 2.51 bits per heavy atom. The summed E-state index contributed by atoms with van der Waals surface area (Å²) >= 11 is 0. The Kier molecular flexibility index (Phi) is 5.12. The third kappa shape index (κ3) is 3.52. The Morgan fingerprint density at radius 2 is 1.83 bits per heavy atom. The number of hydrogen-bond acceptors (Lipinski definition) is 5. The van der Waals surface area contributed by atoms with Crippen LogP contribution in [0.1, 0.15) is 24.2 Å². The van der Waals surface area contributed by atoms with E-state index in [1.54, 1.807) is 17.0 Å². The lowest BCUT2D eigenvalue weighted by molar-refractivity contribution is 0.0692. The molecule has 1 aliphatic rings. The summed E-state index contributed by atoms with van der Waals surface area (Å²) in [5, 5.41) is 16.3. The van der Waals surface area contributed by atoms with E-state index >= 15 is 4.39 Å². The molecule has 0 atom stereocenters. The fourth-order valence-corrected chi connectivity index (χ4v) is 4.66. The van der Waals surface area contributed by atoms with Crippen LogP contribution in [0, 0.1) is 17.5 Å². The number of carbonyl (C=O) groups is 1. The highest BCUT2D eigenvalue weighted by Gasteiger charge is 2.41. The number of hydrogen-bond donors (Lipinski definition) is 2. The van der Waals surface area contributed by atoms with Crippen LogP contribution in [0.5, 0.6) is 5.75 Å². The van der Waals surface area contributed by atoms with Gasteiger partial charge >= 0.3 is 5.97 Å². The van der Waals surface area contributed by atoms with Crippen molar-refractivity contribution in [3.63, 3.8) is 0 Å². The molecule has 180 valence electrons. The van der Waals surface area contributed by atoms with E-state index in [2.05, 4.69) is 10.2 Å². The largest absolute Gasteiger partial charge is 0.494 e. The summed E-state index contributed by atoms with van der Waals surface area (Å²) in [5.41, 5.74) is 0.444. The van der Waals surface area contributed by atoms with Gasteiger partial charge in [0.15, 0.2) is 17.4 Å². The van der Waals surface area contributed by atoms with E-state index in [-0.39, 0.29) is 29.2 Å². The number of anilines is 4. The predicted molar refractivity (Wildman–Crippen MR) is 126 cm³/mol. The average molecular weight is 482 g/mol. The molecule has 0 fully saturated rings. The fourth-order valence-electron chi connectivity index (χ4n) is 4.66. The lowest BCUT2D eigenvalue weighted by atomic mass is 9.93. The first kappa shape index (κ1) is 22.6. The number of carboxylic acid groups (broad SMARTS) is 1. The third-order valence-electron chi connectivity index (χ3n) is 6.18. The molecule has 5 rings (SSSR count). The van der Waals surface area contributed by atoms with Crippen molar-refractivity contribution in [1.29, 1.82) is 0 Å². The molecule has 0 bridgehead atoms. The first-order valence-electron chi connectivity index (χ1n) is 10.7. The SMILES string of the molecule is COc1cc(N2c3cc4cn[nH]c4c(F)c3N(c3ccc(C(=O)O)c(F)c3)CC2(C)C)ccc1F. The number of nitrogens with zero attached hydrogens (tertiary/aromatic N) is 3. The van der Waals surface area contributed by atoms with Gasteiger partial charge in [0, 0.05) is 29.4 Å². The molecular formula is C25H21F3N4O3. The first-order valence-corrected chi connectivity index (χ1v) is 10.7. The van der Waals surface area contributed by atoms with Crippen LogP contribution in [0.2, 0.25) is 0 Å². The molecule has 7 nitrogen and oxygen atoms in total. The number of aromatic nitrogens is 2. The Labute approximate surface area is 198 Å². The number of H-pyrrole nitrogens is 1. The number of carboxylic acids is 1. The standard InChI is InChI=1S/C25H21F3N4O3/c1-25(2)12-31(14-4-6-16(24(33)34)18(27)9-14)23-19(8-13-11-29-30-22(13)21(23)28)32(25)15-5-7-17(26)20(10-15)35-3/h4-11H,12H2,1-3H3,(H,29,30)(H,33,34). The summed E-state index contributed by atoms with van der Waals surface area (Å²) in [6.07, 6.45) is 1.50. The van der Waals surface area contributed by atoms with Crippen LogP contribution in [0.15, 0.2) is 48.7 Å². The third-order valence-corrected chi connectivity index (χ3v) is 6.18. The van der Waals surface area contributed by atoms with Crippen molar-refractivity contribution in [1.82, 2.24) is 10.2 Å². The van der Waals surface area contributed by atoms with Crippen molar-refractivity contribution >= 4 is 39.6 Å². The van der Waals surface area contributed by atoms with Gasteiger partial charge in [-0.15, -0.1) is 0 Å². The summed E-state index contributed by atoms with van der Waals surface area (Å²) < 4.78 is 49.9. The molecule has 10 heteroatoms. The van der Waals surface area contributed by atoms with E-state index in [0.29, 0.717) is 16.8 Å². The van der Waals surface area contributed by atoms with Gasteiger partial charge in [-0.05, 0) is 50.2 Å². The molecule has 0 radical (unpaired) electrons. The Bertz CT molecular complexity index is 1480. The number of benzene rings is 3. The van der Waals surface area contributed by atoms with Gasteiger partial charge in [-0.3, -0.25) is 5.10 Å². The molecule has 0 unspecified atom stereocenters. The molecule has 2 heterocycles. The molecule has 4 aromatic rings. The number of nitrogens with one attached hydrogen (secondary N) is 1. The van der Waals surface area contributed by atoms with Gasteiger partial charge in [0.05, 0.1) is 30.1 Å². The molecular weight excluding hydrogens is 461 g/mol. The summed E-state index contributed by atoms with van der Waals surface area (Å²) in [7, 11) is 1.36. The molecule has 1 aliphatic heterocycles. The number of methoxy groups -OCH3 is 1. The monoisotopic (exact) mass is 482 g/mol. The van der Waals surface area contributed by atoms with Crippen molar-refractivity contribution in [3.05, 3.63) is 71.7 Å². The first-order chi connectivity index (χ1) is 16.6. The highest BCUT2D eigenvalue weighted by molar-refractivity contribution is 5.96. The smallest absolute Gasteiger partial charge is 0.338 e. The minimum absolute atomic E-state index is 0.0403. The number of rotatable bonds is 4. The second-order valence-electron chi connectivity index (χ2n) is 8.91. The predicted octanol–water partition coefficient (Wildman–Crippen LogP) is 5.76. The summed E-state index contributed by atoms with van der Waals surface area (Å²) in [6.45, 7) is 4.03. The normalized spacial score (nSPS) is 14.8. The number of ether oxygens (including phenoxy) is 1. The maximum absolute atomic E-state index is 16.0. The Hall–Kier alpha value is -4.21. The minimum Gasteiger partial charge on any atom is -0.494 e. The van der Waals surface area contributed by atoms with Crippen molar-refractivity contribution in [2.24, 2.45) is 0 Å². The second kappa shape index (κ2) is 7.93. The van der Waals surface area contributed by atoms with Gasteiger partial charge in [0.2, 0.25) is 0 Å². The van der Waals surface area contributed by atoms with Crippen LogP contribution in [0.25, 0.3) is 10.9 Å². The molecule has 0 amide bonds. The average Bonchev–Trinajstić information content (AvgIpc) is 3.27. The summed E-state index contributed by atoms with van der Waals surface area (Å²) in [5.74, 6) is -3.41. The van der Waals surface area contributed by atoms with E-state index in [0.717, 1.165) is 12.1 Å². The Morgan fingerprint density at radius 1 is 1.09 bits per heavy atom. The van der Waals surface area contributed by atoms with Crippen LogP contribution >= 0.6 is 0 Å². The quantitative estimate of drug-likeness (QED) is 0.385. The van der Waals surface area contributed by atoms with Crippen LogP contribution in [-0.2, 0) is 0 Å². The Balaban J connectivity index is 1.77. The highest BCUT2D eigenvalue weighted by Crippen LogP contribution is 2.50. The molecule has 3 aromatic carbocycles. The summed E-state index contributed by atoms with van der Waals surface area (Å²) in [4.78, 5) is 14.8. The molecule has 1 aromatic heterocycles. The van der Waals surface area contributed by atoms with Gasteiger partial charge in [-0.25, -0.2) is 18.0 Å². The van der Waals surface area contributed by atoms with Crippen LogP contribution in [0.3, 0.4) is 0 Å². The van der Waals surface area contributed by atoms with Crippen molar-refractivity contribution < 1.29 is 27.8 Å². The molecule has 0 saturated heterocycles. The van der Waals surface area contributed by atoms with E-state index in [1.807, 2.05) is 18.7 Å². The van der Waals surface area contributed by atoms with Gasteiger partial charge < -0.3 is 19.6 Å². The number of aromatic amines is 1. The van der Waals surface area contributed by atoms with Gasteiger partial charge in [0.1, 0.15) is 17.0 Å². The van der Waals surface area contributed by atoms with Gasteiger partial charge in [-0.2, -0.15) is 5.10 Å². The molecule has 0 aliphatic carbocycles. The lowest BCUT2D eigenvalue weighted by Gasteiger charge is -2.50. The van der Waals surface area contributed by atoms with E-state index in [4.69, 9.17) is 4.74 Å². The second-order valence-corrected chi connectivity index (χ2v) is 8.91. The van der Waals surface area contributed by atoms with Crippen molar-refractivity contribution in [2.75, 3.05) is 23.5 Å². The topological polar surface area (TPSA) is 81.7 Å². The molecule has 2 N–H and O–H groups in total. The molecule has 35 heavy (non-hydrogen) atoms. The zero-order chi connectivity index (χ0) is 25.1. The maximum Gasteiger partial charge on any atom is 0.338 e. The molecule has 0 saturated carbocycles. The lowest BCUT2D eigenvalue weighted by Crippen LogP contribution is -2.53. The van der Waals surface area contributed by atoms with Crippen LogP contribution < -0.4 is 14.5 Å². The van der Waals surface area contributed by atoms with E-state index < -0.39 is 34.5 Å². The van der Waals surface area contributed by atoms with Crippen LogP contribution in [0.4, 0.5) is 35.9 Å².